The summed E-state index contributed by atoms with van der Waals surface area (Å²) >= 11 is 0. The zero-order valence-electron chi connectivity index (χ0n) is 15.6. The summed E-state index contributed by atoms with van der Waals surface area (Å²) < 4.78 is 40.1. The average Bonchev–Trinajstić information content (AvgIpc) is 2.68. The number of carbonyl (C=O) groups is 2. The number of nitrogens with zero attached hydrogens (tertiary/aromatic N) is 2. The minimum Gasteiger partial charge on any atom is -0.325 e. The second-order valence-electron chi connectivity index (χ2n) is 6.75. The highest BCUT2D eigenvalue weighted by atomic mass is 19.1. The minimum absolute atomic E-state index is 0.00336. The predicted octanol–water partition coefficient (Wildman–Crippen LogP) is 2.30. The number of nitrogens with one attached hydrogen (secondary N) is 2. The molecule has 9 heteroatoms. The van der Waals surface area contributed by atoms with Crippen molar-refractivity contribution in [3.05, 3.63) is 59.9 Å². The van der Waals surface area contributed by atoms with Gasteiger partial charge in [0, 0.05) is 31.9 Å². The third-order valence-corrected chi connectivity index (χ3v) is 4.55. The summed E-state index contributed by atoms with van der Waals surface area (Å²) in [6, 6.07) is 8.90. The van der Waals surface area contributed by atoms with Crippen molar-refractivity contribution in [2.75, 3.05) is 49.9 Å². The molecular weight excluding hydrogens is 385 g/mol. The van der Waals surface area contributed by atoms with Crippen LogP contribution in [0.15, 0.2) is 42.5 Å². The summed E-state index contributed by atoms with van der Waals surface area (Å²) in [5, 5.41) is 4.97. The summed E-state index contributed by atoms with van der Waals surface area (Å²) in [5.74, 6) is -2.74. The topological polar surface area (TPSA) is 64.7 Å². The molecule has 3 rings (SSSR count). The van der Waals surface area contributed by atoms with E-state index in [1.54, 1.807) is 0 Å². The molecule has 6 nitrogen and oxygen atoms in total. The Balaban J connectivity index is 1.41. The van der Waals surface area contributed by atoms with E-state index in [0.717, 1.165) is 12.1 Å². The zero-order valence-corrected chi connectivity index (χ0v) is 15.6. The van der Waals surface area contributed by atoms with Gasteiger partial charge in [-0.2, -0.15) is 0 Å². The van der Waals surface area contributed by atoms with Crippen LogP contribution in [-0.2, 0) is 9.59 Å². The van der Waals surface area contributed by atoms with Crippen molar-refractivity contribution in [2.45, 2.75) is 0 Å². The Labute approximate surface area is 166 Å². The number of benzene rings is 2. The number of hydrogen-bond donors (Lipinski definition) is 2. The molecule has 0 radical (unpaired) electrons. The Bertz CT molecular complexity index is 848. The fourth-order valence-electron chi connectivity index (χ4n) is 3.04. The number of para-hydroxylation sites is 1. The predicted molar refractivity (Wildman–Crippen MR) is 103 cm³/mol. The maximum absolute atomic E-state index is 13.6. The smallest absolute Gasteiger partial charge is 0.238 e. The molecule has 1 saturated heterocycles. The van der Waals surface area contributed by atoms with Gasteiger partial charge < -0.3 is 10.6 Å². The maximum Gasteiger partial charge on any atom is 0.238 e. The highest BCUT2D eigenvalue weighted by molar-refractivity contribution is 5.93. The van der Waals surface area contributed by atoms with E-state index in [9.17, 15) is 22.8 Å². The van der Waals surface area contributed by atoms with Crippen molar-refractivity contribution >= 4 is 23.2 Å². The van der Waals surface area contributed by atoms with Crippen molar-refractivity contribution in [2.24, 2.45) is 0 Å². The van der Waals surface area contributed by atoms with Gasteiger partial charge in [0.15, 0.2) is 0 Å². The van der Waals surface area contributed by atoms with Crippen LogP contribution in [0.5, 0.6) is 0 Å². The normalized spacial score (nSPS) is 15.1. The standard InChI is InChI=1S/C20H21F3N4O2/c21-14-4-6-15(7-5-14)24-18(28)12-26-8-10-27(11-9-26)13-19(29)25-20-16(22)2-1-3-17(20)23/h1-7H,8-13H2,(H,24,28)(H,25,29). The van der Waals surface area contributed by atoms with Crippen molar-refractivity contribution in [1.82, 2.24) is 9.80 Å². The van der Waals surface area contributed by atoms with E-state index >= 15 is 0 Å². The molecular formula is C20H21F3N4O2. The van der Waals surface area contributed by atoms with E-state index in [1.807, 2.05) is 9.80 Å². The minimum atomic E-state index is -0.824. The zero-order chi connectivity index (χ0) is 20.8. The lowest BCUT2D eigenvalue weighted by atomic mass is 10.2. The molecule has 1 fully saturated rings. The van der Waals surface area contributed by atoms with Crippen molar-refractivity contribution in [1.29, 1.82) is 0 Å². The Morgan fingerprint density at radius 1 is 0.759 bits per heavy atom. The summed E-state index contributed by atoms with van der Waals surface area (Å²) in [6.45, 7) is 2.39. The Hall–Kier alpha value is -2.91. The van der Waals surface area contributed by atoms with Gasteiger partial charge in [0.1, 0.15) is 23.1 Å². The maximum atomic E-state index is 13.6. The molecule has 29 heavy (non-hydrogen) atoms. The van der Waals surface area contributed by atoms with Gasteiger partial charge in [-0.1, -0.05) is 6.07 Å². The van der Waals surface area contributed by atoms with Crippen LogP contribution in [0, 0.1) is 17.5 Å². The molecule has 2 aromatic carbocycles. The number of rotatable bonds is 6. The number of anilines is 2. The monoisotopic (exact) mass is 406 g/mol. The van der Waals surface area contributed by atoms with Gasteiger partial charge in [-0.15, -0.1) is 0 Å². The first-order valence-electron chi connectivity index (χ1n) is 9.15. The lowest BCUT2D eigenvalue weighted by molar-refractivity contribution is -0.120. The van der Waals surface area contributed by atoms with E-state index in [-0.39, 0.29) is 24.8 Å². The summed E-state index contributed by atoms with van der Waals surface area (Å²) in [6.07, 6.45) is 0. The molecule has 1 aliphatic rings. The largest absolute Gasteiger partial charge is 0.325 e. The molecule has 1 aliphatic heterocycles. The first-order chi connectivity index (χ1) is 13.9. The number of piperazine rings is 1. The number of hydrogen-bond acceptors (Lipinski definition) is 4. The number of halogens is 3. The highest BCUT2D eigenvalue weighted by Crippen LogP contribution is 2.18. The molecule has 0 unspecified atom stereocenters. The van der Waals surface area contributed by atoms with Crippen LogP contribution >= 0.6 is 0 Å². The van der Waals surface area contributed by atoms with Crippen LogP contribution in [0.25, 0.3) is 0 Å². The van der Waals surface area contributed by atoms with Crippen LogP contribution in [0.1, 0.15) is 0 Å². The quantitative estimate of drug-likeness (QED) is 0.773. The van der Waals surface area contributed by atoms with Gasteiger partial charge in [-0.05, 0) is 36.4 Å². The second kappa shape index (κ2) is 9.53. The van der Waals surface area contributed by atoms with Gasteiger partial charge >= 0.3 is 0 Å². The molecule has 154 valence electrons. The lowest BCUT2D eigenvalue weighted by Crippen LogP contribution is -2.50. The van der Waals surface area contributed by atoms with E-state index < -0.39 is 23.2 Å². The van der Waals surface area contributed by atoms with Crippen molar-refractivity contribution in [3.63, 3.8) is 0 Å². The third kappa shape index (κ3) is 6.03. The summed E-state index contributed by atoms with van der Waals surface area (Å²) in [5.41, 5.74) is 0.0701. The Morgan fingerprint density at radius 2 is 1.24 bits per heavy atom. The van der Waals surface area contributed by atoms with E-state index in [1.165, 1.54) is 30.3 Å². The SMILES string of the molecule is O=C(CN1CCN(CC(=O)Nc2c(F)cccc2F)CC1)Nc1ccc(F)cc1. The molecule has 0 aliphatic carbocycles. The molecule has 2 N–H and O–H groups in total. The van der Waals surface area contributed by atoms with Gasteiger partial charge in [-0.25, -0.2) is 13.2 Å². The van der Waals surface area contributed by atoms with Crippen molar-refractivity contribution < 1.29 is 22.8 Å². The fraction of sp³-hybridized carbons (Fsp3) is 0.300. The average molecular weight is 406 g/mol. The van der Waals surface area contributed by atoms with Gasteiger partial charge in [-0.3, -0.25) is 19.4 Å². The Kier molecular flexibility index (Phi) is 6.84. The molecule has 0 atom stereocenters. The van der Waals surface area contributed by atoms with Crippen LogP contribution in [0.4, 0.5) is 24.5 Å². The van der Waals surface area contributed by atoms with Crippen LogP contribution < -0.4 is 10.6 Å². The molecule has 1 heterocycles. The molecule has 0 aromatic heterocycles. The van der Waals surface area contributed by atoms with E-state index in [0.29, 0.717) is 31.9 Å². The number of carbonyl (C=O) groups excluding carboxylic acids is 2. The first-order valence-corrected chi connectivity index (χ1v) is 9.15. The van der Waals surface area contributed by atoms with Crippen molar-refractivity contribution in [3.8, 4) is 0 Å². The number of amides is 2. The van der Waals surface area contributed by atoms with E-state index in [4.69, 9.17) is 0 Å². The first kappa shape index (κ1) is 20.8. The Morgan fingerprint density at radius 3 is 1.76 bits per heavy atom. The molecule has 0 spiro atoms. The molecule has 2 amide bonds. The van der Waals surface area contributed by atoms with Gasteiger partial charge in [0.25, 0.3) is 0 Å². The van der Waals surface area contributed by atoms with E-state index in [2.05, 4.69) is 10.6 Å². The molecule has 0 bridgehead atoms. The molecule has 0 saturated carbocycles. The second-order valence-corrected chi connectivity index (χ2v) is 6.75. The van der Waals surface area contributed by atoms with Gasteiger partial charge in [0.2, 0.25) is 11.8 Å². The highest BCUT2D eigenvalue weighted by Gasteiger charge is 2.21. The third-order valence-electron chi connectivity index (χ3n) is 4.55. The van der Waals surface area contributed by atoms with Crippen LogP contribution in [-0.4, -0.2) is 60.9 Å². The van der Waals surface area contributed by atoms with Crippen LogP contribution in [0.2, 0.25) is 0 Å². The fourth-order valence-corrected chi connectivity index (χ4v) is 3.04. The lowest BCUT2D eigenvalue weighted by Gasteiger charge is -2.33. The van der Waals surface area contributed by atoms with Crippen LogP contribution in [0.3, 0.4) is 0 Å². The summed E-state index contributed by atoms with van der Waals surface area (Å²) in [7, 11) is 0. The molecule has 2 aromatic rings. The summed E-state index contributed by atoms with van der Waals surface area (Å²) in [4.78, 5) is 28.0. The van der Waals surface area contributed by atoms with Gasteiger partial charge in [0.05, 0.1) is 13.1 Å².